The van der Waals surface area contributed by atoms with Gasteiger partial charge in [0.25, 0.3) is 0 Å². The molecule has 124 valence electrons. The first-order valence-corrected chi connectivity index (χ1v) is 8.69. The van der Waals surface area contributed by atoms with Crippen LogP contribution in [0.25, 0.3) is 9.88 Å². The molecule has 0 fully saturated rings. The zero-order valence-corrected chi connectivity index (χ0v) is 13.9. The summed E-state index contributed by atoms with van der Waals surface area (Å²) in [7, 11) is 0. The van der Waals surface area contributed by atoms with Crippen molar-refractivity contribution in [3.8, 4) is 15.6 Å². The van der Waals surface area contributed by atoms with E-state index in [0.717, 1.165) is 9.88 Å². The van der Waals surface area contributed by atoms with E-state index in [9.17, 15) is 13.6 Å². The second-order valence-corrected chi connectivity index (χ2v) is 6.55. The molecule has 2 heterocycles. The van der Waals surface area contributed by atoms with Gasteiger partial charge in [-0.05, 0) is 35.7 Å². The Hall–Kier alpha value is -2.32. The summed E-state index contributed by atoms with van der Waals surface area (Å²) in [4.78, 5) is 17.6. The molecule has 3 aromatic rings. The summed E-state index contributed by atoms with van der Waals surface area (Å²) in [6.07, 6.45) is 0.150. The molecule has 0 atom stereocenters. The second kappa shape index (κ2) is 7.50. The van der Waals surface area contributed by atoms with E-state index >= 15 is 0 Å². The van der Waals surface area contributed by atoms with Gasteiger partial charge in [0.1, 0.15) is 10.8 Å². The largest absolute Gasteiger partial charge is 0.435 e. The fourth-order valence-corrected chi connectivity index (χ4v) is 3.62. The number of ether oxygens (including phenoxy) is 1. The zero-order chi connectivity index (χ0) is 16.9. The van der Waals surface area contributed by atoms with Crippen LogP contribution in [-0.4, -0.2) is 17.5 Å². The Bertz CT molecular complexity index is 802. The van der Waals surface area contributed by atoms with Gasteiger partial charge in [-0.25, -0.2) is 4.98 Å². The summed E-state index contributed by atoms with van der Waals surface area (Å²) in [6, 6.07) is 9.70. The molecule has 24 heavy (non-hydrogen) atoms. The zero-order valence-electron chi connectivity index (χ0n) is 12.2. The number of aromatic nitrogens is 1. The van der Waals surface area contributed by atoms with Gasteiger partial charge in [0.2, 0.25) is 5.91 Å². The molecule has 1 N–H and O–H groups in total. The highest BCUT2D eigenvalue weighted by Gasteiger charge is 2.10. The quantitative estimate of drug-likeness (QED) is 0.691. The fraction of sp³-hybridized carbons (Fsp3) is 0.125. The van der Waals surface area contributed by atoms with Crippen molar-refractivity contribution in [2.75, 3.05) is 5.32 Å². The number of alkyl halides is 2. The van der Waals surface area contributed by atoms with Crippen LogP contribution in [0, 0.1) is 0 Å². The maximum absolute atomic E-state index is 12.1. The van der Waals surface area contributed by atoms with Crippen LogP contribution in [0.4, 0.5) is 14.5 Å². The van der Waals surface area contributed by atoms with Crippen LogP contribution < -0.4 is 10.1 Å². The first-order valence-electron chi connectivity index (χ1n) is 6.93. The van der Waals surface area contributed by atoms with Crippen LogP contribution in [0.3, 0.4) is 0 Å². The van der Waals surface area contributed by atoms with Crippen molar-refractivity contribution < 1.29 is 18.3 Å². The lowest BCUT2D eigenvalue weighted by Gasteiger charge is -2.07. The van der Waals surface area contributed by atoms with Crippen molar-refractivity contribution in [2.45, 2.75) is 13.0 Å². The highest BCUT2D eigenvalue weighted by atomic mass is 32.1. The summed E-state index contributed by atoms with van der Waals surface area (Å²) in [6.45, 7) is -2.87. The summed E-state index contributed by atoms with van der Waals surface area (Å²) < 4.78 is 28.4. The number of nitrogens with zero attached hydrogens (tertiary/aromatic N) is 1. The van der Waals surface area contributed by atoms with Crippen molar-refractivity contribution >= 4 is 34.3 Å². The summed E-state index contributed by atoms with van der Waals surface area (Å²) >= 11 is 3.09. The monoisotopic (exact) mass is 366 g/mol. The Morgan fingerprint density at radius 2 is 2.00 bits per heavy atom. The van der Waals surface area contributed by atoms with Crippen molar-refractivity contribution in [3.05, 3.63) is 52.9 Å². The number of halogens is 2. The van der Waals surface area contributed by atoms with Crippen LogP contribution in [0.2, 0.25) is 0 Å². The third kappa shape index (κ3) is 4.36. The van der Waals surface area contributed by atoms with Gasteiger partial charge in [-0.2, -0.15) is 8.78 Å². The molecule has 0 radical (unpaired) electrons. The average Bonchev–Trinajstić information content (AvgIpc) is 3.19. The predicted octanol–water partition coefficient (Wildman–Crippen LogP) is 4.65. The normalized spacial score (nSPS) is 10.8. The van der Waals surface area contributed by atoms with E-state index in [2.05, 4.69) is 15.0 Å². The van der Waals surface area contributed by atoms with Gasteiger partial charge in [-0.1, -0.05) is 6.07 Å². The number of thiazole rings is 1. The SMILES string of the molecule is O=C(Cc1csc(-c2cccs2)n1)Nc1ccc(OC(F)F)cc1. The standard InChI is InChI=1S/C16H12F2N2O2S2/c17-16(18)22-12-5-3-10(4-6-12)19-14(21)8-11-9-24-15(20-11)13-2-1-7-23-13/h1-7,9,16H,8H2,(H,19,21). The Morgan fingerprint density at radius 3 is 2.67 bits per heavy atom. The van der Waals surface area contributed by atoms with E-state index in [1.54, 1.807) is 11.3 Å². The number of anilines is 1. The Kier molecular flexibility index (Phi) is 5.17. The molecule has 1 aromatic carbocycles. The predicted molar refractivity (Wildman–Crippen MR) is 90.8 cm³/mol. The maximum atomic E-state index is 12.1. The number of rotatable bonds is 6. The minimum atomic E-state index is -2.87. The van der Waals surface area contributed by atoms with Crippen LogP contribution in [0.15, 0.2) is 47.2 Å². The van der Waals surface area contributed by atoms with Gasteiger partial charge >= 0.3 is 6.61 Å². The van der Waals surface area contributed by atoms with E-state index < -0.39 is 6.61 Å². The van der Waals surface area contributed by atoms with Crippen molar-refractivity contribution in [1.82, 2.24) is 4.98 Å². The molecule has 0 bridgehead atoms. The lowest BCUT2D eigenvalue weighted by atomic mass is 10.2. The van der Waals surface area contributed by atoms with Crippen molar-refractivity contribution in [1.29, 1.82) is 0 Å². The molecule has 0 aliphatic rings. The number of carbonyl (C=O) groups excluding carboxylic acids is 1. The van der Waals surface area contributed by atoms with Gasteiger partial charge in [0.15, 0.2) is 0 Å². The average molecular weight is 366 g/mol. The lowest BCUT2D eigenvalue weighted by Crippen LogP contribution is -2.14. The first-order chi connectivity index (χ1) is 11.6. The van der Waals surface area contributed by atoms with Crippen molar-refractivity contribution in [2.24, 2.45) is 0 Å². The van der Waals surface area contributed by atoms with E-state index in [0.29, 0.717) is 11.4 Å². The Balaban J connectivity index is 1.57. The summed E-state index contributed by atoms with van der Waals surface area (Å²) in [5, 5.41) is 7.42. The highest BCUT2D eigenvalue weighted by Crippen LogP contribution is 2.28. The molecule has 1 amide bonds. The number of carbonyl (C=O) groups is 1. The van der Waals surface area contributed by atoms with E-state index in [4.69, 9.17) is 0 Å². The molecule has 0 aliphatic heterocycles. The van der Waals surface area contributed by atoms with E-state index in [-0.39, 0.29) is 18.1 Å². The Morgan fingerprint density at radius 1 is 1.21 bits per heavy atom. The molecule has 0 saturated heterocycles. The third-order valence-corrected chi connectivity index (χ3v) is 4.92. The molecule has 8 heteroatoms. The number of hydrogen-bond donors (Lipinski definition) is 1. The molecule has 0 aliphatic carbocycles. The van der Waals surface area contributed by atoms with Gasteiger partial charge in [-0.3, -0.25) is 4.79 Å². The van der Waals surface area contributed by atoms with E-state index in [1.165, 1.54) is 35.6 Å². The molecular formula is C16H12F2N2O2S2. The van der Waals surface area contributed by atoms with Crippen LogP contribution in [0.5, 0.6) is 5.75 Å². The number of amides is 1. The van der Waals surface area contributed by atoms with Crippen LogP contribution in [-0.2, 0) is 11.2 Å². The molecule has 0 spiro atoms. The van der Waals surface area contributed by atoms with Crippen LogP contribution >= 0.6 is 22.7 Å². The van der Waals surface area contributed by atoms with Gasteiger partial charge < -0.3 is 10.1 Å². The first kappa shape index (κ1) is 16.5. The lowest BCUT2D eigenvalue weighted by molar-refractivity contribution is -0.115. The molecular weight excluding hydrogens is 354 g/mol. The van der Waals surface area contributed by atoms with Gasteiger partial charge in [0, 0.05) is 11.1 Å². The van der Waals surface area contributed by atoms with Gasteiger partial charge in [-0.15, -0.1) is 22.7 Å². The molecule has 0 unspecified atom stereocenters. The number of thiophene rings is 1. The smallest absolute Gasteiger partial charge is 0.387 e. The third-order valence-electron chi connectivity index (χ3n) is 2.99. The fourth-order valence-electron chi connectivity index (χ4n) is 1.99. The number of benzene rings is 1. The Labute approximate surface area is 144 Å². The summed E-state index contributed by atoms with van der Waals surface area (Å²) in [5.74, 6) is -0.177. The molecule has 0 saturated carbocycles. The van der Waals surface area contributed by atoms with Gasteiger partial charge in [0.05, 0.1) is 17.0 Å². The molecule has 2 aromatic heterocycles. The molecule has 4 nitrogen and oxygen atoms in total. The number of hydrogen-bond acceptors (Lipinski definition) is 5. The van der Waals surface area contributed by atoms with E-state index in [1.807, 2.05) is 22.9 Å². The van der Waals surface area contributed by atoms with Crippen molar-refractivity contribution in [3.63, 3.8) is 0 Å². The summed E-state index contributed by atoms with van der Waals surface area (Å²) in [5.41, 5.74) is 1.20. The minimum Gasteiger partial charge on any atom is -0.435 e. The number of nitrogens with one attached hydrogen (secondary N) is 1. The van der Waals surface area contributed by atoms with Crippen LogP contribution in [0.1, 0.15) is 5.69 Å². The maximum Gasteiger partial charge on any atom is 0.387 e. The highest BCUT2D eigenvalue weighted by molar-refractivity contribution is 7.20. The minimum absolute atomic E-state index is 0.0445. The molecule has 3 rings (SSSR count). The topological polar surface area (TPSA) is 51.2 Å². The second-order valence-electron chi connectivity index (χ2n) is 4.75.